The summed E-state index contributed by atoms with van der Waals surface area (Å²) in [6, 6.07) is 17.3. The number of aryl methyl sites for hydroxylation is 1. The Morgan fingerprint density at radius 1 is 1.06 bits per heavy atom. The van der Waals surface area contributed by atoms with Crippen LogP contribution in [0.1, 0.15) is 47.8 Å². The third kappa shape index (κ3) is 5.37. The molecular formula is C25H25N3O4. The smallest absolute Gasteiger partial charge is 0.311 e. The third-order valence-corrected chi connectivity index (χ3v) is 4.95. The summed E-state index contributed by atoms with van der Waals surface area (Å²) in [6.45, 7) is 8.06. The number of nitrogens with zero attached hydrogens (tertiary/aromatic N) is 2. The first-order valence-electron chi connectivity index (χ1n) is 10.1. The number of hydrogen-bond donors (Lipinski definition) is 2. The summed E-state index contributed by atoms with van der Waals surface area (Å²) in [6.07, 6.45) is 1.37. The Morgan fingerprint density at radius 3 is 2.25 bits per heavy atom. The molecule has 0 radical (unpaired) electrons. The predicted molar refractivity (Wildman–Crippen MR) is 126 cm³/mol. The van der Waals surface area contributed by atoms with E-state index in [1.165, 1.54) is 12.3 Å². The first-order valence-corrected chi connectivity index (χ1v) is 10.1. The zero-order valence-electron chi connectivity index (χ0n) is 18.4. The number of nitrogens with one attached hydrogen (secondary N) is 1. The van der Waals surface area contributed by atoms with E-state index < -0.39 is 10.7 Å². The van der Waals surface area contributed by atoms with E-state index in [0.717, 1.165) is 5.56 Å². The number of carbonyl (C=O) groups is 1. The Hall–Kier alpha value is -4.00. The molecule has 3 aromatic rings. The number of amides is 1. The first kappa shape index (κ1) is 22.7. The second-order valence-electron chi connectivity index (χ2n) is 8.57. The van der Waals surface area contributed by atoms with Gasteiger partial charge in [-0.1, -0.05) is 32.9 Å². The maximum atomic E-state index is 12.5. The summed E-state index contributed by atoms with van der Waals surface area (Å²) in [5.41, 5.74) is 3.46. The number of rotatable bonds is 5. The molecule has 2 N–H and O–H groups in total. The van der Waals surface area contributed by atoms with Gasteiger partial charge in [-0.15, -0.1) is 0 Å². The Bertz CT molecular complexity index is 1180. The molecule has 3 aromatic carbocycles. The molecule has 0 aliphatic carbocycles. The molecule has 164 valence electrons. The molecule has 0 aliphatic heterocycles. The topological polar surface area (TPSA) is 105 Å². The fraction of sp³-hybridized carbons (Fsp3) is 0.200. The SMILES string of the molecule is Cc1cc(C=Nc2ccc(NC(=O)c3ccc(C(C)(C)C)cc3)cc2)c(O)c([N+](=O)[O-])c1. The van der Waals surface area contributed by atoms with E-state index in [0.29, 0.717) is 22.5 Å². The number of anilines is 1. The Labute approximate surface area is 186 Å². The Morgan fingerprint density at radius 2 is 1.69 bits per heavy atom. The van der Waals surface area contributed by atoms with E-state index in [-0.39, 0.29) is 22.6 Å². The number of aliphatic imine (C=N–C) groups is 1. The van der Waals surface area contributed by atoms with Crippen molar-refractivity contribution >= 4 is 29.2 Å². The van der Waals surface area contributed by atoms with Crippen molar-refractivity contribution in [3.8, 4) is 5.75 Å². The highest BCUT2D eigenvalue weighted by Gasteiger charge is 2.17. The van der Waals surface area contributed by atoms with Gasteiger partial charge in [0.15, 0.2) is 0 Å². The van der Waals surface area contributed by atoms with Gasteiger partial charge in [-0.2, -0.15) is 0 Å². The van der Waals surface area contributed by atoms with Crippen molar-refractivity contribution in [1.82, 2.24) is 0 Å². The van der Waals surface area contributed by atoms with Crippen LogP contribution in [-0.2, 0) is 5.41 Å². The van der Waals surface area contributed by atoms with Crippen LogP contribution in [0.3, 0.4) is 0 Å². The van der Waals surface area contributed by atoms with Crippen molar-refractivity contribution in [2.24, 2.45) is 4.99 Å². The summed E-state index contributed by atoms with van der Waals surface area (Å²) in [4.78, 5) is 27.2. The second-order valence-corrected chi connectivity index (χ2v) is 8.57. The summed E-state index contributed by atoms with van der Waals surface area (Å²) in [5.74, 6) is -0.635. The van der Waals surface area contributed by atoms with Gasteiger partial charge in [0.05, 0.1) is 10.6 Å². The molecule has 7 nitrogen and oxygen atoms in total. The fourth-order valence-electron chi connectivity index (χ4n) is 3.12. The predicted octanol–water partition coefficient (Wildman–Crippen LogP) is 5.91. The van der Waals surface area contributed by atoms with Crippen LogP contribution in [0, 0.1) is 17.0 Å². The van der Waals surface area contributed by atoms with Crippen molar-refractivity contribution in [2.75, 3.05) is 5.32 Å². The summed E-state index contributed by atoms with van der Waals surface area (Å²) < 4.78 is 0. The number of carbonyl (C=O) groups excluding carboxylic acids is 1. The van der Waals surface area contributed by atoms with E-state index in [9.17, 15) is 20.0 Å². The van der Waals surface area contributed by atoms with Crippen molar-refractivity contribution in [3.05, 3.63) is 93.0 Å². The van der Waals surface area contributed by atoms with E-state index in [1.807, 2.05) is 24.3 Å². The number of hydrogen-bond acceptors (Lipinski definition) is 5. The molecule has 0 fully saturated rings. The van der Waals surface area contributed by atoms with E-state index >= 15 is 0 Å². The number of phenolic OH excluding ortho intramolecular Hbond substituents is 1. The van der Waals surface area contributed by atoms with Crippen LogP contribution in [0.2, 0.25) is 0 Å². The lowest BCUT2D eigenvalue weighted by Crippen LogP contribution is -2.14. The lowest BCUT2D eigenvalue weighted by molar-refractivity contribution is -0.385. The van der Waals surface area contributed by atoms with Gasteiger partial charge in [0.25, 0.3) is 5.91 Å². The van der Waals surface area contributed by atoms with Crippen LogP contribution in [0.4, 0.5) is 17.1 Å². The van der Waals surface area contributed by atoms with Crippen molar-refractivity contribution in [1.29, 1.82) is 0 Å². The normalized spacial score (nSPS) is 11.5. The van der Waals surface area contributed by atoms with Crippen molar-refractivity contribution in [3.63, 3.8) is 0 Å². The molecule has 0 saturated heterocycles. The van der Waals surface area contributed by atoms with Crippen LogP contribution in [0.15, 0.2) is 65.7 Å². The van der Waals surface area contributed by atoms with Crippen LogP contribution in [0.5, 0.6) is 5.75 Å². The molecule has 7 heteroatoms. The third-order valence-electron chi connectivity index (χ3n) is 4.95. The highest BCUT2D eigenvalue weighted by atomic mass is 16.6. The second kappa shape index (κ2) is 9.01. The zero-order valence-corrected chi connectivity index (χ0v) is 18.4. The molecule has 3 rings (SSSR count). The quantitative estimate of drug-likeness (QED) is 0.298. The molecule has 0 atom stereocenters. The molecule has 0 saturated carbocycles. The van der Waals surface area contributed by atoms with Gasteiger partial charge in [-0.05, 0) is 65.9 Å². The average molecular weight is 431 g/mol. The summed E-state index contributed by atoms with van der Waals surface area (Å²) in [7, 11) is 0. The number of aromatic hydroxyl groups is 1. The average Bonchev–Trinajstić information content (AvgIpc) is 2.74. The number of nitro groups is 1. The lowest BCUT2D eigenvalue weighted by atomic mass is 9.87. The Kier molecular flexibility index (Phi) is 6.39. The molecule has 0 aliphatic rings. The van der Waals surface area contributed by atoms with Crippen LogP contribution >= 0.6 is 0 Å². The molecule has 1 amide bonds. The van der Waals surface area contributed by atoms with Crippen molar-refractivity contribution < 1.29 is 14.8 Å². The summed E-state index contributed by atoms with van der Waals surface area (Å²) in [5, 5.41) is 24.0. The lowest BCUT2D eigenvalue weighted by Gasteiger charge is -2.19. The van der Waals surface area contributed by atoms with Gasteiger partial charge in [-0.3, -0.25) is 19.9 Å². The van der Waals surface area contributed by atoms with Gasteiger partial charge < -0.3 is 10.4 Å². The molecule has 0 heterocycles. The van der Waals surface area contributed by atoms with Gasteiger partial charge in [0.1, 0.15) is 0 Å². The number of phenols is 1. The molecule has 0 spiro atoms. The van der Waals surface area contributed by atoms with Gasteiger partial charge >= 0.3 is 5.69 Å². The molecular weight excluding hydrogens is 406 g/mol. The minimum absolute atomic E-state index is 0.0194. The highest BCUT2D eigenvalue weighted by molar-refractivity contribution is 6.04. The van der Waals surface area contributed by atoms with Crippen molar-refractivity contribution in [2.45, 2.75) is 33.1 Å². The Balaban J connectivity index is 1.70. The fourth-order valence-corrected chi connectivity index (χ4v) is 3.12. The van der Waals surface area contributed by atoms with Crippen LogP contribution in [0.25, 0.3) is 0 Å². The number of nitro benzene ring substituents is 1. The molecule has 0 aromatic heterocycles. The monoisotopic (exact) mass is 431 g/mol. The first-order chi connectivity index (χ1) is 15.0. The van der Waals surface area contributed by atoms with E-state index in [1.54, 1.807) is 37.3 Å². The maximum Gasteiger partial charge on any atom is 0.311 e. The van der Waals surface area contributed by atoms with E-state index in [4.69, 9.17) is 0 Å². The van der Waals surface area contributed by atoms with Gasteiger partial charge in [0, 0.05) is 29.1 Å². The maximum absolute atomic E-state index is 12.5. The zero-order chi connectivity index (χ0) is 23.5. The highest BCUT2D eigenvalue weighted by Crippen LogP contribution is 2.30. The van der Waals surface area contributed by atoms with Gasteiger partial charge in [-0.25, -0.2) is 0 Å². The largest absolute Gasteiger partial charge is 0.502 e. The molecule has 0 unspecified atom stereocenters. The van der Waals surface area contributed by atoms with Crippen LogP contribution in [-0.4, -0.2) is 22.2 Å². The minimum atomic E-state index is -0.631. The van der Waals surface area contributed by atoms with Gasteiger partial charge in [0.2, 0.25) is 5.75 Å². The molecule has 32 heavy (non-hydrogen) atoms. The minimum Gasteiger partial charge on any atom is -0.502 e. The molecule has 0 bridgehead atoms. The standard InChI is InChI=1S/C25H25N3O4/c1-16-13-18(23(29)22(14-16)28(31)32)15-26-20-9-11-21(12-10-20)27-24(30)17-5-7-19(8-6-17)25(2,3)4/h5-15,29H,1-4H3,(H,27,30). The number of benzene rings is 3. The van der Waals surface area contributed by atoms with E-state index in [2.05, 4.69) is 31.1 Å². The summed E-state index contributed by atoms with van der Waals surface area (Å²) >= 11 is 0. The van der Waals surface area contributed by atoms with Crippen LogP contribution < -0.4 is 5.32 Å².